The Balaban J connectivity index is 2.29. The van der Waals surface area contributed by atoms with Gasteiger partial charge in [-0.15, -0.1) is 0 Å². The number of benzene rings is 1. The maximum Gasteiger partial charge on any atom is 0.158 e. The number of ether oxygens (including phenoxy) is 1. The third kappa shape index (κ3) is 3.66. The van der Waals surface area contributed by atoms with E-state index in [4.69, 9.17) is 10.6 Å². The van der Waals surface area contributed by atoms with Crippen LogP contribution in [-0.4, -0.2) is 17.1 Å². The normalized spacial score (nSPS) is 10.4. The highest BCUT2D eigenvalue weighted by Crippen LogP contribution is 2.20. The molecule has 0 saturated carbocycles. The molecule has 0 saturated heterocycles. The molecule has 0 spiro atoms. The van der Waals surface area contributed by atoms with E-state index in [9.17, 15) is 0 Å². The lowest BCUT2D eigenvalue weighted by atomic mass is 10.1. The summed E-state index contributed by atoms with van der Waals surface area (Å²) in [5.41, 5.74) is 5.89. The highest BCUT2D eigenvalue weighted by atomic mass is 16.5. The van der Waals surface area contributed by atoms with Crippen molar-refractivity contribution in [2.75, 3.05) is 17.9 Å². The molecule has 6 nitrogen and oxygen atoms in total. The van der Waals surface area contributed by atoms with Crippen LogP contribution in [0.4, 0.5) is 17.3 Å². The fourth-order valence-corrected chi connectivity index (χ4v) is 2.02. The van der Waals surface area contributed by atoms with Crippen molar-refractivity contribution in [1.29, 1.82) is 0 Å². The van der Waals surface area contributed by atoms with Gasteiger partial charge in [-0.3, -0.25) is 0 Å². The molecular weight excluding hydrogens is 254 g/mol. The first-order valence-corrected chi connectivity index (χ1v) is 6.29. The van der Waals surface area contributed by atoms with Gasteiger partial charge in [0.1, 0.15) is 18.2 Å². The molecule has 20 heavy (non-hydrogen) atoms. The summed E-state index contributed by atoms with van der Waals surface area (Å²) in [6.07, 6.45) is 0. The van der Waals surface area contributed by atoms with Gasteiger partial charge in [0.05, 0.1) is 0 Å². The fourth-order valence-electron chi connectivity index (χ4n) is 2.02. The van der Waals surface area contributed by atoms with Crippen molar-refractivity contribution in [3.63, 3.8) is 0 Å². The lowest BCUT2D eigenvalue weighted by molar-refractivity contribution is 0.178. The maximum atomic E-state index is 5.42. The van der Waals surface area contributed by atoms with Crippen molar-refractivity contribution in [2.45, 2.75) is 20.5 Å². The first kappa shape index (κ1) is 14.2. The quantitative estimate of drug-likeness (QED) is 0.572. The summed E-state index contributed by atoms with van der Waals surface area (Å²) in [5, 5.41) is 3.26. The van der Waals surface area contributed by atoms with Gasteiger partial charge in [0.2, 0.25) is 0 Å². The fraction of sp³-hybridized carbons (Fsp3) is 0.286. The zero-order chi connectivity index (χ0) is 14.5. The standard InChI is InChI=1S/C14H19N5O/c1-9-4-10(2)6-11(5-9)16-12-7-13(19-15)18-14(17-12)8-20-3/h4-7H,8,15H2,1-3H3,(H2,16,17,18,19). The van der Waals surface area contributed by atoms with Crippen LogP contribution >= 0.6 is 0 Å². The predicted octanol–water partition coefficient (Wildman–Crippen LogP) is 2.27. The number of nitrogens with one attached hydrogen (secondary N) is 2. The Hall–Kier alpha value is -2.18. The molecule has 0 bridgehead atoms. The Morgan fingerprint density at radius 2 is 1.70 bits per heavy atom. The van der Waals surface area contributed by atoms with Crippen LogP contribution in [0.2, 0.25) is 0 Å². The third-order valence-electron chi connectivity index (χ3n) is 2.69. The summed E-state index contributed by atoms with van der Waals surface area (Å²) in [6.45, 7) is 4.44. The van der Waals surface area contributed by atoms with Gasteiger partial charge in [-0.2, -0.15) is 0 Å². The average molecular weight is 273 g/mol. The highest BCUT2D eigenvalue weighted by molar-refractivity contribution is 5.60. The molecule has 0 aliphatic heterocycles. The number of nitrogens with zero attached hydrogens (tertiary/aromatic N) is 2. The van der Waals surface area contributed by atoms with E-state index in [2.05, 4.69) is 52.8 Å². The Morgan fingerprint density at radius 1 is 1.05 bits per heavy atom. The van der Waals surface area contributed by atoms with Gasteiger partial charge in [0, 0.05) is 18.9 Å². The molecule has 0 aliphatic rings. The van der Waals surface area contributed by atoms with Gasteiger partial charge in [0.25, 0.3) is 0 Å². The molecule has 1 aromatic carbocycles. The maximum absolute atomic E-state index is 5.42. The van der Waals surface area contributed by atoms with E-state index >= 15 is 0 Å². The summed E-state index contributed by atoms with van der Waals surface area (Å²) >= 11 is 0. The van der Waals surface area contributed by atoms with E-state index in [0.29, 0.717) is 24.1 Å². The zero-order valence-electron chi connectivity index (χ0n) is 11.9. The van der Waals surface area contributed by atoms with Gasteiger partial charge < -0.3 is 15.5 Å². The molecule has 1 heterocycles. The van der Waals surface area contributed by atoms with Crippen LogP contribution in [0.15, 0.2) is 24.3 Å². The molecule has 0 fully saturated rings. The van der Waals surface area contributed by atoms with E-state index in [0.717, 1.165) is 5.69 Å². The third-order valence-corrected chi connectivity index (χ3v) is 2.69. The second kappa shape index (κ2) is 6.31. The number of nitrogen functional groups attached to an aromatic ring is 1. The number of hydrazine groups is 1. The number of anilines is 3. The number of aryl methyl sites for hydroxylation is 2. The Kier molecular flexibility index (Phi) is 4.49. The average Bonchev–Trinajstić information content (AvgIpc) is 2.37. The minimum atomic E-state index is 0.330. The number of methoxy groups -OCH3 is 1. The molecule has 0 amide bonds. The summed E-state index contributed by atoms with van der Waals surface area (Å²) in [4.78, 5) is 8.59. The smallest absolute Gasteiger partial charge is 0.158 e. The van der Waals surface area contributed by atoms with Crippen molar-refractivity contribution < 1.29 is 4.74 Å². The first-order valence-electron chi connectivity index (χ1n) is 6.29. The molecule has 2 aromatic rings. The van der Waals surface area contributed by atoms with Crippen molar-refractivity contribution >= 4 is 17.3 Å². The van der Waals surface area contributed by atoms with Crippen LogP contribution < -0.4 is 16.6 Å². The van der Waals surface area contributed by atoms with Crippen LogP contribution in [0.3, 0.4) is 0 Å². The predicted molar refractivity (Wildman–Crippen MR) is 79.8 cm³/mol. The second-order valence-corrected chi connectivity index (χ2v) is 4.63. The zero-order valence-corrected chi connectivity index (χ0v) is 11.9. The molecule has 1 aromatic heterocycles. The summed E-state index contributed by atoms with van der Waals surface area (Å²) < 4.78 is 5.05. The van der Waals surface area contributed by atoms with E-state index in [1.54, 1.807) is 13.2 Å². The van der Waals surface area contributed by atoms with Crippen molar-refractivity contribution in [2.24, 2.45) is 5.84 Å². The lowest BCUT2D eigenvalue weighted by Gasteiger charge is -2.10. The number of hydrogen-bond acceptors (Lipinski definition) is 6. The number of nitrogens with two attached hydrogens (primary N) is 1. The van der Waals surface area contributed by atoms with Crippen molar-refractivity contribution in [3.8, 4) is 0 Å². The van der Waals surface area contributed by atoms with Gasteiger partial charge in [0.15, 0.2) is 5.82 Å². The summed E-state index contributed by atoms with van der Waals surface area (Å²) in [5.74, 6) is 7.19. The minimum Gasteiger partial charge on any atom is -0.377 e. The van der Waals surface area contributed by atoms with Crippen LogP contribution in [0, 0.1) is 13.8 Å². The molecule has 0 aliphatic carbocycles. The molecule has 106 valence electrons. The van der Waals surface area contributed by atoms with Gasteiger partial charge >= 0.3 is 0 Å². The molecule has 0 atom stereocenters. The topological polar surface area (TPSA) is 85.1 Å². The van der Waals surface area contributed by atoms with E-state index in [1.165, 1.54) is 11.1 Å². The van der Waals surface area contributed by atoms with Crippen LogP contribution in [-0.2, 0) is 11.3 Å². The van der Waals surface area contributed by atoms with E-state index < -0.39 is 0 Å². The molecule has 4 N–H and O–H groups in total. The Labute approximate surface area is 118 Å². The van der Waals surface area contributed by atoms with Gasteiger partial charge in [-0.25, -0.2) is 15.8 Å². The largest absolute Gasteiger partial charge is 0.377 e. The Morgan fingerprint density at radius 3 is 2.30 bits per heavy atom. The van der Waals surface area contributed by atoms with Gasteiger partial charge in [-0.1, -0.05) is 6.07 Å². The first-order chi connectivity index (χ1) is 9.60. The summed E-state index contributed by atoms with van der Waals surface area (Å²) in [6, 6.07) is 7.98. The molecular formula is C14H19N5O. The molecule has 0 unspecified atom stereocenters. The monoisotopic (exact) mass is 273 g/mol. The second-order valence-electron chi connectivity index (χ2n) is 4.63. The summed E-state index contributed by atoms with van der Waals surface area (Å²) in [7, 11) is 1.60. The SMILES string of the molecule is COCc1nc(NN)cc(Nc2cc(C)cc(C)c2)n1. The van der Waals surface area contributed by atoms with E-state index in [1.807, 2.05) is 0 Å². The molecule has 2 rings (SSSR count). The van der Waals surface area contributed by atoms with Crippen LogP contribution in [0.5, 0.6) is 0 Å². The Bertz CT molecular complexity index is 580. The van der Waals surface area contributed by atoms with Crippen molar-refractivity contribution in [3.05, 3.63) is 41.2 Å². The lowest BCUT2D eigenvalue weighted by Crippen LogP contribution is -2.11. The highest BCUT2D eigenvalue weighted by Gasteiger charge is 2.05. The van der Waals surface area contributed by atoms with Gasteiger partial charge in [-0.05, 0) is 37.1 Å². The number of rotatable bonds is 5. The van der Waals surface area contributed by atoms with E-state index in [-0.39, 0.29) is 0 Å². The van der Waals surface area contributed by atoms with Crippen molar-refractivity contribution in [1.82, 2.24) is 9.97 Å². The molecule has 6 heteroatoms. The van der Waals surface area contributed by atoms with Crippen LogP contribution in [0.1, 0.15) is 17.0 Å². The minimum absolute atomic E-state index is 0.330. The molecule has 0 radical (unpaired) electrons. The van der Waals surface area contributed by atoms with Crippen LogP contribution in [0.25, 0.3) is 0 Å². The number of hydrogen-bond donors (Lipinski definition) is 3. The number of aromatic nitrogens is 2.